The summed E-state index contributed by atoms with van der Waals surface area (Å²) in [5, 5.41) is 8.76. The molecule has 0 aliphatic heterocycles. The second kappa shape index (κ2) is 9.11. The number of aromatic nitrogens is 4. The first-order valence-electron chi connectivity index (χ1n) is 11.5. The molecule has 1 aliphatic carbocycles. The van der Waals surface area contributed by atoms with Crippen molar-refractivity contribution in [1.82, 2.24) is 20.0 Å². The quantitative estimate of drug-likeness (QED) is 0.460. The van der Waals surface area contributed by atoms with Gasteiger partial charge in [0.2, 0.25) is 0 Å². The Hall–Kier alpha value is -2.49. The fourth-order valence-corrected chi connectivity index (χ4v) is 4.49. The third kappa shape index (κ3) is 4.48. The number of benzene rings is 1. The van der Waals surface area contributed by atoms with Gasteiger partial charge < -0.3 is 0 Å². The lowest BCUT2D eigenvalue weighted by atomic mass is 9.95. The summed E-state index contributed by atoms with van der Waals surface area (Å²) in [6.45, 7) is 9.52. The van der Waals surface area contributed by atoms with E-state index in [4.69, 9.17) is 4.98 Å². The lowest BCUT2D eigenvalue weighted by Crippen LogP contribution is -2.06. The van der Waals surface area contributed by atoms with Gasteiger partial charge >= 0.3 is 0 Å². The molecule has 158 valence electrons. The Bertz CT molecular complexity index is 1030. The molecule has 3 aromatic rings. The first-order chi connectivity index (χ1) is 14.5. The van der Waals surface area contributed by atoms with Gasteiger partial charge in [-0.2, -0.15) is 0 Å². The summed E-state index contributed by atoms with van der Waals surface area (Å²) in [6.07, 6.45) is 11.6. The van der Waals surface area contributed by atoms with Gasteiger partial charge in [0.15, 0.2) is 0 Å². The van der Waals surface area contributed by atoms with E-state index in [0.717, 1.165) is 37.2 Å². The number of fused-ring (bicyclic) bond motifs is 3. The van der Waals surface area contributed by atoms with Crippen LogP contribution in [0.2, 0.25) is 0 Å². The van der Waals surface area contributed by atoms with Crippen LogP contribution in [0, 0.1) is 20.8 Å². The van der Waals surface area contributed by atoms with Gasteiger partial charge in [0.1, 0.15) is 0 Å². The molecule has 0 atom stereocenters. The Kier molecular flexibility index (Phi) is 6.31. The molecule has 0 bridgehead atoms. The first-order valence-corrected chi connectivity index (χ1v) is 11.5. The van der Waals surface area contributed by atoms with Gasteiger partial charge in [-0.3, -0.25) is 4.98 Å². The molecule has 30 heavy (non-hydrogen) atoms. The summed E-state index contributed by atoms with van der Waals surface area (Å²) in [6, 6.07) is 7.07. The highest BCUT2D eigenvalue weighted by atomic mass is 15.4. The summed E-state index contributed by atoms with van der Waals surface area (Å²) in [5.74, 6) is 0. The minimum Gasteiger partial charge on any atom is -0.252 e. The molecule has 4 nitrogen and oxygen atoms in total. The molecule has 1 aliphatic rings. The Morgan fingerprint density at radius 3 is 2.57 bits per heavy atom. The minimum atomic E-state index is 0.744. The van der Waals surface area contributed by atoms with Crippen molar-refractivity contribution in [3.63, 3.8) is 0 Å². The van der Waals surface area contributed by atoms with Crippen LogP contribution in [0.1, 0.15) is 78.2 Å². The van der Waals surface area contributed by atoms with Crippen LogP contribution in [0.3, 0.4) is 0 Å². The topological polar surface area (TPSA) is 43.6 Å². The molecule has 2 aromatic heterocycles. The third-order valence-electron chi connectivity index (χ3n) is 6.47. The van der Waals surface area contributed by atoms with Gasteiger partial charge in [-0.15, -0.1) is 5.10 Å². The Balaban J connectivity index is 1.57. The fraction of sp³-hybridized carbons (Fsp3) is 0.500. The van der Waals surface area contributed by atoms with Crippen LogP contribution in [-0.2, 0) is 25.8 Å². The normalized spacial score (nSPS) is 13.1. The highest BCUT2D eigenvalue weighted by Crippen LogP contribution is 2.34. The van der Waals surface area contributed by atoms with E-state index in [2.05, 4.69) is 62.4 Å². The standard InChI is InChI=1S/C26H34N4/c1-5-6-7-8-12-24-17-30(29-28-24)16-23-15-22-11-9-10-21-13-18(2)19(3)14-25(21)26(22)27-20(23)4/h13-15,17H,5-12,16H2,1-4H3. The number of hydrogen-bond donors (Lipinski definition) is 0. The number of aryl methyl sites for hydroxylation is 6. The van der Waals surface area contributed by atoms with Gasteiger partial charge in [0, 0.05) is 17.5 Å². The lowest BCUT2D eigenvalue weighted by Gasteiger charge is -2.15. The summed E-state index contributed by atoms with van der Waals surface area (Å²) in [5.41, 5.74) is 11.5. The predicted octanol–water partition coefficient (Wildman–Crippen LogP) is 5.93. The Morgan fingerprint density at radius 1 is 0.933 bits per heavy atom. The molecule has 0 saturated carbocycles. The van der Waals surface area contributed by atoms with Gasteiger partial charge in [0.25, 0.3) is 0 Å². The minimum absolute atomic E-state index is 0.744. The Labute approximate surface area is 180 Å². The summed E-state index contributed by atoms with van der Waals surface area (Å²) < 4.78 is 1.98. The van der Waals surface area contributed by atoms with E-state index in [-0.39, 0.29) is 0 Å². The molecule has 0 fully saturated rings. The maximum absolute atomic E-state index is 5.10. The number of rotatable bonds is 7. The van der Waals surface area contributed by atoms with Crippen molar-refractivity contribution >= 4 is 0 Å². The zero-order valence-electron chi connectivity index (χ0n) is 19.0. The van der Waals surface area contributed by atoms with E-state index in [1.54, 1.807) is 0 Å². The van der Waals surface area contributed by atoms with Gasteiger partial charge in [-0.25, -0.2) is 4.68 Å². The molecule has 2 heterocycles. The van der Waals surface area contributed by atoms with Crippen molar-refractivity contribution in [2.24, 2.45) is 0 Å². The summed E-state index contributed by atoms with van der Waals surface area (Å²) >= 11 is 0. The molecule has 0 N–H and O–H groups in total. The molecule has 0 saturated heterocycles. The smallest absolute Gasteiger partial charge is 0.0827 e. The maximum atomic E-state index is 5.10. The van der Waals surface area contributed by atoms with Crippen molar-refractivity contribution in [1.29, 1.82) is 0 Å². The molecular formula is C26H34N4. The lowest BCUT2D eigenvalue weighted by molar-refractivity contribution is 0.642. The van der Waals surface area contributed by atoms with E-state index in [1.165, 1.54) is 71.2 Å². The van der Waals surface area contributed by atoms with Crippen LogP contribution in [0.4, 0.5) is 0 Å². The second-order valence-corrected chi connectivity index (χ2v) is 8.91. The summed E-state index contributed by atoms with van der Waals surface area (Å²) in [7, 11) is 0. The maximum Gasteiger partial charge on any atom is 0.0827 e. The van der Waals surface area contributed by atoms with E-state index >= 15 is 0 Å². The molecule has 0 unspecified atom stereocenters. The molecule has 0 amide bonds. The van der Waals surface area contributed by atoms with Crippen LogP contribution in [0.25, 0.3) is 11.3 Å². The van der Waals surface area contributed by atoms with E-state index < -0.39 is 0 Å². The predicted molar refractivity (Wildman–Crippen MR) is 123 cm³/mol. The van der Waals surface area contributed by atoms with Gasteiger partial charge in [-0.1, -0.05) is 37.5 Å². The van der Waals surface area contributed by atoms with E-state index in [9.17, 15) is 0 Å². The molecular weight excluding hydrogens is 368 g/mol. The largest absolute Gasteiger partial charge is 0.252 e. The molecule has 0 spiro atoms. The number of unbranched alkanes of at least 4 members (excludes halogenated alkanes) is 3. The van der Waals surface area contributed by atoms with Crippen LogP contribution >= 0.6 is 0 Å². The number of nitrogens with zero attached hydrogens (tertiary/aromatic N) is 4. The van der Waals surface area contributed by atoms with Crippen LogP contribution < -0.4 is 0 Å². The van der Waals surface area contributed by atoms with Gasteiger partial charge in [0.05, 0.1) is 17.9 Å². The average molecular weight is 403 g/mol. The van der Waals surface area contributed by atoms with Gasteiger partial charge in [-0.05, 0) is 92.8 Å². The zero-order valence-corrected chi connectivity index (χ0v) is 19.0. The van der Waals surface area contributed by atoms with Crippen molar-refractivity contribution in [2.45, 2.75) is 85.6 Å². The highest BCUT2D eigenvalue weighted by molar-refractivity contribution is 5.70. The van der Waals surface area contributed by atoms with Crippen molar-refractivity contribution in [3.05, 3.63) is 63.6 Å². The van der Waals surface area contributed by atoms with Crippen LogP contribution in [0.15, 0.2) is 24.4 Å². The summed E-state index contributed by atoms with van der Waals surface area (Å²) in [4.78, 5) is 5.10. The highest BCUT2D eigenvalue weighted by Gasteiger charge is 2.19. The van der Waals surface area contributed by atoms with Crippen LogP contribution in [-0.4, -0.2) is 20.0 Å². The average Bonchev–Trinajstić information content (AvgIpc) is 3.10. The number of pyridine rings is 1. The van der Waals surface area contributed by atoms with Crippen molar-refractivity contribution < 1.29 is 0 Å². The van der Waals surface area contributed by atoms with E-state index in [0.29, 0.717) is 0 Å². The molecule has 0 radical (unpaired) electrons. The van der Waals surface area contributed by atoms with E-state index in [1.807, 2.05) is 4.68 Å². The second-order valence-electron chi connectivity index (χ2n) is 8.91. The van der Waals surface area contributed by atoms with Crippen LogP contribution in [0.5, 0.6) is 0 Å². The first kappa shape index (κ1) is 20.8. The number of hydrogen-bond acceptors (Lipinski definition) is 3. The van der Waals surface area contributed by atoms with Crippen molar-refractivity contribution in [3.8, 4) is 11.3 Å². The third-order valence-corrected chi connectivity index (χ3v) is 6.47. The molecule has 4 rings (SSSR count). The SMILES string of the molecule is CCCCCCc1cn(Cc2cc3c(nc2C)-c2cc(C)c(C)cc2CCC3)nn1. The molecule has 4 heteroatoms. The Morgan fingerprint density at radius 2 is 1.73 bits per heavy atom. The monoisotopic (exact) mass is 402 g/mol. The zero-order chi connectivity index (χ0) is 21.1. The fourth-order valence-electron chi connectivity index (χ4n) is 4.49. The van der Waals surface area contributed by atoms with Crippen molar-refractivity contribution in [2.75, 3.05) is 0 Å². The molecule has 1 aromatic carbocycles.